The van der Waals surface area contributed by atoms with Gasteiger partial charge in [-0.05, 0) is 48.8 Å². The van der Waals surface area contributed by atoms with Gasteiger partial charge in [0.1, 0.15) is 0 Å². The molecule has 0 N–H and O–H groups in total. The van der Waals surface area contributed by atoms with E-state index in [1.54, 1.807) is 0 Å². The second-order valence-electron chi connectivity index (χ2n) is 7.23. The highest BCUT2D eigenvalue weighted by Gasteiger charge is 2.48. The van der Waals surface area contributed by atoms with Gasteiger partial charge in [-0.15, -0.1) is 0 Å². The Morgan fingerprint density at radius 3 is 2.26 bits per heavy atom. The monoisotopic (exact) mass is 422 g/mol. The van der Waals surface area contributed by atoms with Crippen LogP contribution in [0.5, 0.6) is 0 Å². The number of hydrogen-bond donors (Lipinski definition) is 0. The molecule has 27 heavy (non-hydrogen) atoms. The molecule has 3 heterocycles. The van der Waals surface area contributed by atoms with E-state index in [0.717, 1.165) is 36.3 Å². The van der Waals surface area contributed by atoms with E-state index in [9.17, 15) is 0 Å². The number of nitrogens with zero attached hydrogens (tertiary/aromatic N) is 4. The van der Waals surface area contributed by atoms with Crippen molar-refractivity contribution < 1.29 is 4.74 Å². The first-order valence-corrected chi connectivity index (χ1v) is 11.4. The molecule has 0 atom stereocenters. The zero-order chi connectivity index (χ0) is 19.0. The first-order chi connectivity index (χ1) is 13.1. The van der Waals surface area contributed by atoms with Gasteiger partial charge in [0.2, 0.25) is 0 Å². The molecule has 8 heteroatoms. The smallest absolute Gasteiger partial charge is 0.188 e. The lowest BCUT2D eigenvalue weighted by Gasteiger charge is -2.39. The van der Waals surface area contributed by atoms with E-state index < -0.39 is 0 Å². The van der Waals surface area contributed by atoms with Gasteiger partial charge in [-0.25, -0.2) is 0 Å². The van der Waals surface area contributed by atoms with Gasteiger partial charge in [-0.2, -0.15) is 0 Å². The van der Waals surface area contributed by atoms with Crippen LogP contribution >= 0.6 is 35.3 Å². The number of unbranched alkanes of at least 4 members (excludes halogenated alkanes) is 1. The van der Waals surface area contributed by atoms with Crippen LogP contribution in [-0.4, -0.2) is 67.5 Å². The predicted octanol–water partition coefficient (Wildman–Crippen LogP) is 3.25. The van der Waals surface area contributed by atoms with E-state index in [4.69, 9.17) is 29.2 Å². The highest BCUT2D eigenvalue weighted by atomic mass is 32.2. The van der Waals surface area contributed by atoms with Crippen LogP contribution in [0, 0.1) is 5.92 Å². The van der Waals surface area contributed by atoms with Crippen LogP contribution in [0.15, 0.2) is 30.3 Å². The topological polar surface area (TPSA) is 22.2 Å². The summed E-state index contributed by atoms with van der Waals surface area (Å²) in [6, 6.07) is 10.4. The summed E-state index contributed by atoms with van der Waals surface area (Å²) < 4.78 is 10.2. The molecule has 0 unspecified atom stereocenters. The second-order valence-corrected chi connectivity index (χ2v) is 9.95. The highest BCUT2D eigenvalue weighted by molar-refractivity contribution is 8.14. The fourth-order valence-electron chi connectivity index (χ4n) is 3.89. The molecule has 3 aliphatic rings. The Kier molecular flexibility index (Phi) is 5.68. The molecule has 0 radical (unpaired) electrons. The maximum absolute atomic E-state index is 5.81. The van der Waals surface area contributed by atoms with Gasteiger partial charge in [-0.3, -0.25) is 18.4 Å². The minimum atomic E-state index is -0.137. The number of rotatable bonds is 7. The van der Waals surface area contributed by atoms with E-state index in [0.29, 0.717) is 12.5 Å². The third-order valence-corrected chi connectivity index (χ3v) is 8.66. The fraction of sp³-hybridized carbons (Fsp3) is 0.526. The molecule has 0 aliphatic carbocycles. The molecule has 1 fully saturated rings. The van der Waals surface area contributed by atoms with Crippen molar-refractivity contribution in [1.29, 1.82) is 0 Å². The van der Waals surface area contributed by atoms with Crippen molar-refractivity contribution in [2.45, 2.75) is 25.9 Å². The van der Waals surface area contributed by atoms with Crippen molar-refractivity contribution in [3.05, 3.63) is 35.9 Å². The Labute approximate surface area is 175 Å². The summed E-state index contributed by atoms with van der Waals surface area (Å²) in [7, 11) is 4.03. The van der Waals surface area contributed by atoms with Crippen LogP contribution in [0.2, 0.25) is 0 Å². The summed E-state index contributed by atoms with van der Waals surface area (Å²) in [5.41, 5.74) is 1.24. The minimum Gasteiger partial charge on any atom is -0.377 e. The molecule has 1 aromatic rings. The van der Waals surface area contributed by atoms with Gasteiger partial charge in [0, 0.05) is 33.8 Å². The normalized spacial score (nSPS) is 20.3. The van der Waals surface area contributed by atoms with E-state index >= 15 is 0 Å². The van der Waals surface area contributed by atoms with Crippen molar-refractivity contribution >= 4 is 50.6 Å². The number of thiocarbonyl (C=S) groups is 2. The van der Waals surface area contributed by atoms with Crippen molar-refractivity contribution in [2.24, 2.45) is 5.92 Å². The maximum atomic E-state index is 5.81. The molecule has 0 amide bonds. The first kappa shape index (κ1) is 19.1. The second kappa shape index (κ2) is 8.03. The van der Waals surface area contributed by atoms with Gasteiger partial charge < -0.3 is 4.74 Å². The molecular weight excluding hydrogens is 396 g/mol. The van der Waals surface area contributed by atoms with Crippen molar-refractivity contribution in [2.75, 3.05) is 33.8 Å². The molecule has 0 aromatic heterocycles. The number of ether oxygens (including phenoxy) is 1. The average molecular weight is 423 g/mol. The molecule has 0 bridgehead atoms. The molecular formula is C19H26N4OS3. The van der Waals surface area contributed by atoms with Crippen LogP contribution in [-0.2, 0) is 11.3 Å². The fourth-order valence-corrected chi connectivity index (χ4v) is 6.82. The maximum Gasteiger partial charge on any atom is 0.188 e. The zero-order valence-electron chi connectivity index (χ0n) is 15.8. The van der Waals surface area contributed by atoms with E-state index in [-0.39, 0.29) is 10.9 Å². The lowest BCUT2D eigenvalue weighted by atomic mass is 9.99. The molecule has 4 rings (SSSR count). The highest BCUT2D eigenvalue weighted by Crippen LogP contribution is 2.43. The minimum absolute atomic E-state index is 0.137. The molecule has 1 aromatic carbocycles. The summed E-state index contributed by atoms with van der Waals surface area (Å²) >= 11 is 11.4. The van der Waals surface area contributed by atoms with Gasteiger partial charge in [-0.1, -0.05) is 36.8 Å². The van der Waals surface area contributed by atoms with Crippen molar-refractivity contribution in [3.63, 3.8) is 0 Å². The lowest BCUT2D eigenvalue weighted by Crippen LogP contribution is -2.55. The summed E-state index contributed by atoms with van der Waals surface area (Å²) in [6.07, 6.45) is 3.45. The summed E-state index contributed by atoms with van der Waals surface area (Å²) in [6.45, 7) is 3.55. The third-order valence-electron chi connectivity index (χ3n) is 5.29. The first-order valence-electron chi connectivity index (χ1n) is 9.41. The molecule has 0 spiro atoms. The number of hydrogen-bond acceptors (Lipinski definition) is 3. The Hall–Kier alpha value is -1.22. The van der Waals surface area contributed by atoms with Gasteiger partial charge in [0.15, 0.2) is 15.3 Å². The van der Waals surface area contributed by atoms with E-state index in [1.165, 1.54) is 23.5 Å². The molecule has 1 saturated heterocycles. The van der Waals surface area contributed by atoms with Crippen LogP contribution in [0.4, 0.5) is 0 Å². The molecule has 0 saturated carbocycles. The SMILES string of the molecule is CN1C(=S)N2CC(CCCCOCc3ccccc3)CN3C(=S)N(C)S1=C23. The largest absolute Gasteiger partial charge is 0.377 e. The van der Waals surface area contributed by atoms with Gasteiger partial charge in [0.25, 0.3) is 0 Å². The number of benzene rings is 1. The Bertz CT molecular complexity index is 733. The van der Waals surface area contributed by atoms with Gasteiger partial charge >= 0.3 is 0 Å². The predicted molar refractivity (Wildman–Crippen MR) is 120 cm³/mol. The van der Waals surface area contributed by atoms with Crippen LogP contribution in [0.3, 0.4) is 0 Å². The van der Waals surface area contributed by atoms with Gasteiger partial charge in [0.05, 0.1) is 17.5 Å². The van der Waals surface area contributed by atoms with Crippen LogP contribution < -0.4 is 0 Å². The van der Waals surface area contributed by atoms with E-state index in [2.05, 4.69) is 56.8 Å². The summed E-state index contributed by atoms with van der Waals surface area (Å²) in [5, 5.41) is 3.16. The Balaban J connectivity index is 1.25. The molecule has 146 valence electrons. The van der Waals surface area contributed by atoms with Crippen LogP contribution in [0.1, 0.15) is 24.8 Å². The lowest BCUT2D eigenvalue weighted by molar-refractivity contribution is 0.115. The van der Waals surface area contributed by atoms with Crippen LogP contribution in [0.25, 0.3) is 0 Å². The Morgan fingerprint density at radius 1 is 1.00 bits per heavy atom. The third kappa shape index (κ3) is 3.60. The standard InChI is InChI=1S/C19H26N4OS3/c1-20-17(25)22-12-16(13-23-18(26)21(2)27(20)19(22)23)10-6-7-11-24-14-15-8-4-3-5-9-15/h3-5,8-9,16H,6-7,10-14H2,1-2H3. The Morgan fingerprint density at radius 2 is 1.63 bits per heavy atom. The summed E-state index contributed by atoms with van der Waals surface area (Å²) in [5.74, 6) is 0.585. The summed E-state index contributed by atoms with van der Waals surface area (Å²) in [4.78, 5) is 4.63. The van der Waals surface area contributed by atoms with E-state index in [1.807, 2.05) is 6.07 Å². The van der Waals surface area contributed by atoms with Crippen molar-refractivity contribution in [1.82, 2.24) is 18.4 Å². The quantitative estimate of drug-likeness (QED) is 0.491. The molecule has 3 aliphatic heterocycles. The average Bonchev–Trinajstić information content (AvgIpc) is 3.09. The zero-order valence-corrected chi connectivity index (χ0v) is 18.3. The molecule has 5 nitrogen and oxygen atoms in total. The van der Waals surface area contributed by atoms with Crippen molar-refractivity contribution in [3.8, 4) is 0 Å².